The highest BCUT2D eigenvalue weighted by Gasteiger charge is 2.14. The number of carbonyl (C=O) groups excluding carboxylic acids is 2. The molecule has 0 fully saturated rings. The molecule has 0 spiro atoms. The normalized spacial score (nSPS) is 10.4. The standard InChI is InChI=1S/C23H18FN5O3/c24-19-6-2-3-7-20(19)28-22(30)15-32-21-8-4-1-5-18(21)23(31)27-16-9-11-17(12-10-16)29-25-13-14-26-29/h1-14H,15H2,(H,27,31)(H,28,30). The van der Waals surface area contributed by atoms with Gasteiger partial charge in [0.15, 0.2) is 6.61 Å². The lowest BCUT2D eigenvalue weighted by atomic mass is 10.2. The van der Waals surface area contributed by atoms with E-state index >= 15 is 0 Å². The van der Waals surface area contributed by atoms with Crippen molar-refractivity contribution in [1.82, 2.24) is 15.0 Å². The third-order valence-corrected chi connectivity index (χ3v) is 4.41. The summed E-state index contributed by atoms with van der Waals surface area (Å²) in [6.07, 6.45) is 3.15. The molecule has 0 saturated heterocycles. The summed E-state index contributed by atoms with van der Waals surface area (Å²) in [5, 5.41) is 13.3. The third kappa shape index (κ3) is 4.96. The van der Waals surface area contributed by atoms with Gasteiger partial charge in [-0.25, -0.2) is 4.39 Å². The van der Waals surface area contributed by atoms with Gasteiger partial charge in [-0.15, -0.1) is 0 Å². The SMILES string of the molecule is O=C(COc1ccccc1C(=O)Nc1ccc(-n2nccn2)cc1)Nc1ccccc1F. The number of halogens is 1. The minimum Gasteiger partial charge on any atom is -0.483 e. The third-order valence-electron chi connectivity index (χ3n) is 4.41. The molecule has 3 aromatic carbocycles. The van der Waals surface area contributed by atoms with Crippen LogP contribution in [-0.4, -0.2) is 33.4 Å². The van der Waals surface area contributed by atoms with Gasteiger partial charge in [0.25, 0.3) is 11.8 Å². The molecular formula is C23H18FN5O3. The van der Waals surface area contributed by atoms with E-state index < -0.39 is 17.6 Å². The Morgan fingerprint density at radius 2 is 1.56 bits per heavy atom. The topological polar surface area (TPSA) is 98.1 Å². The molecule has 0 aliphatic heterocycles. The van der Waals surface area contributed by atoms with Crippen molar-refractivity contribution in [1.29, 1.82) is 0 Å². The van der Waals surface area contributed by atoms with Gasteiger partial charge in [0, 0.05) is 5.69 Å². The zero-order chi connectivity index (χ0) is 22.3. The molecule has 8 nitrogen and oxygen atoms in total. The van der Waals surface area contributed by atoms with Gasteiger partial charge in [0.05, 0.1) is 29.3 Å². The van der Waals surface area contributed by atoms with E-state index in [1.807, 2.05) is 0 Å². The molecule has 0 aliphatic rings. The number of amides is 2. The van der Waals surface area contributed by atoms with Crippen LogP contribution in [-0.2, 0) is 4.79 Å². The second-order valence-corrected chi connectivity index (χ2v) is 6.63. The number of nitrogens with one attached hydrogen (secondary N) is 2. The van der Waals surface area contributed by atoms with E-state index in [0.717, 1.165) is 5.69 Å². The van der Waals surface area contributed by atoms with Crippen molar-refractivity contribution < 1.29 is 18.7 Å². The van der Waals surface area contributed by atoms with E-state index in [1.54, 1.807) is 67.0 Å². The Morgan fingerprint density at radius 1 is 0.875 bits per heavy atom. The van der Waals surface area contributed by atoms with Gasteiger partial charge in [-0.2, -0.15) is 15.0 Å². The fourth-order valence-electron chi connectivity index (χ4n) is 2.90. The molecule has 0 aliphatic carbocycles. The molecule has 4 aromatic rings. The lowest BCUT2D eigenvalue weighted by Gasteiger charge is -2.12. The first kappa shape index (κ1) is 20.7. The molecule has 32 heavy (non-hydrogen) atoms. The summed E-state index contributed by atoms with van der Waals surface area (Å²) in [6.45, 7) is -0.385. The lowest BCUT2D eigenvalue weighted by Crippen LogP contribution is -2.22. The highest BCUT2D eigenvalue weighted by atomic mass is 19.1. The fraction of sp³-hybridized carbons (Fsp3) is 0.0435. The van der Waals surface area contributed by atoms with Crippen molar-refractivity contribution in [3.63, 3.8) is 0 Å². The van der Waals surface area contributed by atoms with Crippen molar-refractivity contribution in [2.24, 2.45) is 0 Å². The van der Waals surface area contributed by atoms with Crippen LogP contribution in [0.1, 0.15) is 10.4 Å². The number of carbonyl (C=O) groups is 2. The van der Waals surface area contributed by atoms with E-state index in [9.17, 15) is 14.0 Å². The summed E-state index contributed by atoms with van der Waals surface area (Å²) in [5.74, 6) is -1.27. The van der Waals surface area contributed by atoms with Gasteiger partial charge in [-0.1, -0.05) is 24.3 Å². The van der Waals surface area contributed by atoms with Crippen molar-refractivity contribution in [2.45, 2.75) is 0 Å². The smallest absolute Gasteiger partial charge is 0.262 e. The molecule has 4 rings (SSSR count). The number of aromatic nitrogens is 3. The Balaban J connectivity index is 1.39. The van der Waals surface area contributed by atoms with Crippen LogP contribution in [0.15, 0.2) is 85.2 Å². The number of hydrogen-bond donors (Lipinski definition) is 2. The first-order valence-electron chi connectivity index (χ1n) is 9.64. The predicted octanol–water partition coefficient (Wildman–Crippen LogP) is 3.68. The highest BCUT2D eigenvalue weighted by Crippen LogP contribution is 2.21. The van der Waals surface area contributed by atoms with Crippen LogP contribution in [0.2, 0.25) is 0 Å². The number of nitrogens with zero attached hydrogens (tertiary/aromatic N) is 3. The molecule has 2 N–H and O–H groups in total. The Morgan fingerprint density at radius 3 is 2.31 bits per heavy atom. The summed E-state index contributed by atoms with van der Waals surface area (Å²) >= 11 is 0. The minimum absolute atomic E-state index is 0.0564. The number of anilines is 2. The van der Waals surface area contributed by atoms with Crippen molar-refractivity contribution in [3.05, 3.63) is 96.6 Å². The maximum absolute atomic E-state index is 13.7. The van der Waals surface area contributed by atoms with E-state index in [4.69, 9.17) is 4.74 Å². The molecule has 1 heterocycles. The van der Waals surface area contributed by atoms with Crippen molar-refractivity contribution in [2.75, 3.05) is 17.2 Å². The van der Waals surface area contributed by atoms with E-state index in [2.05, 4.69) is 20.8 Å². The lowest BCUT2D eigenvalue weighted by molar-refractivity contribution is -0.118. The first-order valence-corrected chi connectivity index (χ1v) is 9.64. The van der Waals surface area contributed by atoms with Gasteiger partial charge >= 0.3 is 0 Å². The predicted molar refractivity (Wildman–Crippen MR) is 116 cm³/mol. The van der Waals surface area contributed by atoms with Crippen LogP contribution in [0.5, 0.6) is 5.75 Å². The molecule has 0 saturated carbocycles. The van der Waals surface area contributed by atoms with Crippen LogP contribution in [0, 0.1) is 5.82 Å². The Kier molecular flexibility index (Phi) is 6.17. The summed E-state index contributed by atoms with van der Waals surface area (Å²) in [6, 6.07) is 19.4. The Bertz CT molecular complexity index is 1230. The molecule has 2 amide bonds. The summed E-state index contributed by atoms with van der Waals surface area (Å²) < 4.78 is 19.2. The second-order valence-electron chi connectivity index (χ2n) is 6.63. The first-order chi connectivity index (χ1) is 15.6. The summed E-state index contributed by atoms with van der Waals surface area (Å²) in [5.41, 5.74) is 1.63. The van der Waals surface area contributed by atoms with E-state index in [1.165, 1.54) is 23.0 Å². The van der Waals surface area contributed by atoms with Crippen LogP contribution >= 0.6 is 0 Å². The molecule has 0 bridgehead atoms. The van der Waals surface area contributed by atoms with Gasteiger partial charge in [-0.3, -0.25) is 9.59 Å². The number of ether oxygens (including phenoxy) is 1. The number of hydrogen-bond acceptors (Lipinski definition) is 5. The monoisotopic (exact) mass is 431 g/mol. The summed E-state index contributed by atoms with van der Waals surface area (Å²) in [4.78, 5) is 26.3. The average molecular weight is 431 g/mol. The quantitative estimate of drug-likeness (QED) is 0.465. The van der Waals surface area contributed by atoms with Crippen LogP contribution < -0.4 is 15.4 Å². The van der Waals surface area contributed by atoms with Crippen LogP contribution in [0.25, 0.3) is 5.69 Å². The van der Waals surface area contributed by atoms with Crippen molar-refractivity contribution in [3.8, 4) is 11.4 Å². The molecule has 0 atom stereocenters. The number of rotatable bonds is 7. The van der Waals surface area contributed by atoms with Gasteiger partial charge in [0.1, 0.15) is 11.6 Å². The van der Waals surface area contributed by atoms with Crippen LogP contribution in [0.4, 0.5) is 15.8 Å². The molecule has 0 radical (unpaired) electrons. The summed E-state index contributed by atoms with van der Waals surface area (Å²) in [7, 11) is 0. The number of benzene rings is 3. The zero-order valence-electron chi connectivity index (χ0n) is 16.7. The molecule has 1 aromatic heterocycles. The molecule has 9 heteroatoms. The maximum atomic E-state index is 13.7. The number of para-hydroxylation sites is 2. The second kappa shape index (κ2) is 9.52. The Labute approximate surface area is 182 Å². The molecule has 160 valence electrons. The van der Waals surface area contributed by atoms with Crippen molar-refractivity contribution >= 4 is 23.2 Å². The molecule has 0 unspecified atom stereocenters. The molecular weight excluding hydrogens is 413 g/mol. The average Bonchev–Trinajstić information content (AvgIpc) is 3.35. The maximum Gasteiger partial charge on any atom is 0.262 e. The van der Waals surface area contributed by atoms with Gasteiger partial charge in [-0.05, 0) is 48.5 Å². The van der Waals surface area contributed by atoms with Gasteiger partial charge in [0.2, 0.25) is 0 Å². The van der Waals surface area contributed by atoms with E-state index in [-0.39, 0.29) is 23.6 Å². The highest BCUT2D eigenvalue weighted by molar-refractivity contribution is 6.06. The minimum atomic E-state index is -0.548. The largest absolute Gasteiger partial charge is 0.483 e. The van der Waals surface area contributed by atoms with E-state index in [0.29, 0.717) is 5.69 Å². The van der Waals surface area contributed by atoms with Crippen LogP contribution in [0.3, 0.4) is 0 Å². The fourth-order valence-corrected chi connectivity index (χ4v) is 2.90. The zero-order valence-corrected chi connectivity index (χ0v) is 16.7. The Hall–Kier alpha value is -4.53. The van der Waals surface area contributed by atoms with Gasteiger partial charge < -0.3 is 15.4 Å².